The topological polar surface area (TPSA) is 68.3 Å². The minimum absolute atomic E-state index is 0.0949. The second kappa shape index (κ2) is 5.10. The van der Waals surface area contributed by atoms with E-state index in [1.54, 1.807) is 31.2 Å². The van der Waals surface area contributed by atoms with Gasteiger partial charge in [0, 0.05) is 17.3 Å². The number of hydrogen-bond donors (Lipinski definition) is 1. The molecule has 1 aromatic carbocycles. The zero-order valence-electron chi connectivity index (χ0n) is 9.64. The number of aryl methyl sites for hydroxylation is 1. The molecule has 0 aliphatic rings. The van der Waals surface area contributed by atoms with Gasteiger partial charge < -0.3 is 9.73 Å². The van der Waals surface area contributed by atoms with Crippen LogP contribution in [0.1, 0.15) is 11.3 Å². The zero-order valence-corrected chi connectivity index (χ0v) is 10.4. The number of nitrogens with zero attached hydrogens (tertiary/aromatic N) is 1. The third-order valence-corrected chi connectivity index (χ3v) is 2.70. The minimum Gasteiger partial charge on any atom is -0.448 e. The largest absolute Gasteiger partial charge is 0.448 e. The molecular formula is C12H11ClN2O3. The Labute approximate surface area is 109 Å². The molecule has 0 saturated carbocycles. The number of anilines is 1. The lowest BCUT2D eigenvalue weighted by atomic mass is 10.2. The van der Waals surface area contributed by atoms with Crippen LogP contribution in [0.5, 0.6) is 0 Å². The van der Waals surface area contributed by atoms with E-state index in [0.29, 0.717) is 28.8 Å². The van der Waals surface area contributed by atoms with Crippen molar-refractivity contribution in [1.82, 2.24) is 0 Å². The first-order valence-electron chi connectivity index (χ1n) is 5.29. The Hall–Kier alpha value is -2.01. The molecule has 2 rings (SSSR count). The van der Waals surface area contributed by atoms with Gasteiger partial charge in [-0.1, -0.05) is 6.07 Å². The normalized spacial score (nSPS) is 10.3. The number of furan rings is 1. The maximum absolute atomic E-state index is 10.8. The fourth-order valence-corrected chi connectivity index (χ4v) is 1.71. The van der Waals surface area contributed by atoms with Crippen LogP contribution in [0.3, 0.4) is 0 Å². The van der Waals surface area contributed by atoms with E-state index in [1.807, 2.05) is 0 Å². The summed E-state index contributed by atoms with van der Waals surface area (Å²) in [6.07, 6.45) is 0. The van der Waals surface area contributed by atoms with E-state index in [0.717, 1.165) is 0 Å². The van der Waals surface area contributed by atoms with Crippen LogP contribution in [0, 0.1) is 17.0 Å². The van der Waals surface area contributed by atoms with E-state index < -0.39 is 4.92 Å². The summed E-state index contributed by atoms with van der Waals surface area (Å²) in [5.74, 6) is 0.670. The van der Waals surface area contributed by atoms with Crippen molar-refractivity contribution < 1.29 is 9.34 Å². The van der Waals surface area contributed by atoms with Gasteiger partial charge in [0.2, 0.25) is 0 Å². The first-order chi connectivity index (χ1) is 8.56. The van der Waals surface area contributed by atoms with Crippen LogP contribution in [0.25, 0.3) is 0 Å². The molecule has 2 aromatic rings. The highest BCUT2D eigenvalue weighted by Gasteiger charge is 2.10. The maximum Gasteiger partial charge on any atom is 0.274 e. The van der Waals surface area contributed by atoms with Gasteiger partial charge >= 0.3 is 0 Å². The Kier molecular flexibility index (Phi) is 3.53. The van der Waals surface area contributed by atoms with Gasteiger partial charge in [-0.3, -0.25) is 10.1 Å². The van der Waals surface area contributed by atoms with Crippen molar-refractivity contribution in [1.29, 1.82) is 0 Å². The number of nitrogens with one attached hydrogen (secondary N) is 1. The lowest BCUT2D eigenvalue weighted by molar-refractivity contribution is -0.385. The molecule has 1 heterocycles. The van der Waals surface area contributed by atoms with Crippen LogP contribution >= 0.6 is 11.6 Å². The molecule has 0 atom stereocenters. The van der Waals surface area contributed by atoms with Crippen LogP contribution in [-0.2, 0) is 6.54 Å². The maximum atomic E-state index is 10.8. The molecule has 0 fully saturated rings. The number of nitro groups is 1. The Morgan fingerprint density at radius 1 is 1.39 bits per heavy atom. The first kappa shape index (κ1) is 12.4. The molecule has 6 heteroatoms. The molecule has 1 aromatic heterocycles. The summed E-state index contributed by atoms with van der Waals surface area (Å²) in [4.78, 5) is 10.4. The van der Waals surface area contributed by atoms with Gasteiger partial charge in [0.25, 0.3) is 5.69 Å². The SMILES string of the molecule is Cc1ccc(NCc2ccc(Cl)o2)cc1[N+](=O)[O-]. The van der Waals surface area contributed by atoms with Crippen LogP contribution in [0.15, 0.2) is 34.7 Å². The predicted molar refractivity (Wildman–Crippen MR) is 68.9 cm³/mol. The third kappa shape index (κ3) is 2.81. The lowest BCUT2D eigenvalue weighted by Gasteiger charge is -2.05. The molecule has 18 heavy (non-hydrogen) atoms. The van der Waals surface area contributed by atoms with Gasteiger partial charge in [-0.25, -0.2) is 0 Å². The van der Waals surface area contributed by atoms with E-state index in [9.17, 15) is 10.1 Å². The summed E-state index contributed by atoms with van der Waals surface area (Å²) < 4.78 is 5.18. The average molecular weight is 267 g/mol. The Morgan fingerprint density at radius 2 is 2.17 bits per heavy atom. The van der Waals surface area contributed by atoms with E-state index >= 15 is 0 Å². The van der Waals surface area contributed by atoms with Crippen molar-refractivity contribution in [2.75, 3.05) is 5.32 Å². The van der Waals surface area contributed by atoms with Crippen molar-refractivity contribution in [3.8, 4) is 0 Å². The van der Waals surface area contributed by atoms with Crippen molar-refractivity contribution >= 4 is 23.0 Å². The van der Waals surface area contributed by atoms with Crippen molar-refractivity contribution in [2.45, 2.75) is 13.5 Å². The average Bonchev–Trinajstić information content (AvgIpc) is 2.74. The van der Waals surface area contributed by atoms with Gasteiger partial charge in [0.05, 0.1) is 11.5 Å². The summed E-state index contributed by atoms with van der Waals surface area (Å²) >= 11 is 5.65. The molecular weight excluding hydrogens is 256 g/mol. The molecule has 0 radical (unpaired) electrons. The minimum atomic E-state index is -0.399. The molecule has 0 amide bonds. The number of hydrogen-bond acceptors (Lipinski definition) is 4. The molecule has 0 spiro atoms. The van der Waals surface area contributed by atoms with Crippen LogP contribution in [0.4, 0.5) is 11.4 Å². The van der Waals surface area contributed by atoms with Crippen molar-refractivity contribution in [3.05, 3.63) is 57.0 Å². The van der Waals surface area contributed by atoms with E-state index in [4.69, 9.17) is 16.0 Å². The highest BCUT2D eigenvalue weighted by molar-refractivity contribution is 6.28. The lowest BCUT2D eigenvalue weighted by Crippen LogP contribution is -1.99. The van der Waals surface area contributed by atoms with Gasteiger partial charge in [-0.2, -0.15) is 0 Å². The quantitative estimate of drug-likeness (QED) is 0.676. The van der Waals surface area contributed by atoms with Gasteiger partial charge in [-0.15, -0.1) is 0 Å². The van der Waals surface area contributed by atoms with Crippen LogP contribution < -0.4 is 5.32 Å². The zero-order chi connectivity index (χ0) is 13.1. The first-order valence-corrected chi connectivity index (χ1v) is 5.67. The summed E-state index contributed by atoms with van der Waals surface area (Å²) in [5.41, 5.74) is 1.39. The number of halogens is 1. The Bertz CT molecular complexity index is 580. The molecule has 94 valence electrons. The van der Waals surface area contributed by atoms with E-state index in [-0.39, 0.29) is 5.69 Å². The van der Waals surface area contributed by atoms with Gasteiger partial charge in [0.15, 0.2) is 5.22 Å². The molecule has 0 unspecified atom stereocenters. The molecule has 0 aliphatic heterocycles. The summed E-state index contributed by atoms with van der Waals surface area (Å²) in [7, 11) is 0. The number of nitro benzene ring substituents is 1. The molecule has 0 saturated heterocycles. The number of rotatable bonds is 4. The smallest absolute Gasteiger partial charge is 0.274 e. The van der Waals surface area contributed by atoms with E-state index in [2.05, 4.69) is 5.32 Å². The van der Waals surface area contributed by atoms with Crippen molar-refractivity contribution in [2.24, 2.45) is 0 Å². The Balaban J connectivity index is 2.10. The van der Waals surface area contributed by atoms with Crippen LogP contribution in [-0.4, -0.2) is 4.92 Å². The fourth-order valence-electron chi connectivity index (χ4n) is 1.55. The fraction of sp³-hybridized carbons (Fsp3) is 0.167. The highest BCUT2D eigenvalue weighted by Crippen LogP contribution is 2.23. The summed E-state index contributed by atoms with van der Waals surface area (Å²) in [5, 5.41) is 14.2. The monoisotopic (exact) mass is 266 g/mol. The van der Waals surface area contributed by atoms with Gasteiger partial charge in [0.1, 0.15) is 5.76 Å². The molecule has 1 N–H and O–H groups in total. The second-order valence-electron chi connectivity index (χ2n) is 3.82. The number of benzene rings is 1. The molecule has 0 bridgehead atoms. The second-order valence-corrected chi connectivity index (χ2v) is 4.19. The highest BCUT2D eigenvalue weighted by atomic mass is 35.5. The standard InChI is InChI=1S/C12H11ClN2O3/c1-8-2-3-9(6-11(8)15(16)17)14-7-10-4-5-12(13)18-10/h2-6,14H,7H2,1H3. The third-order valence-electron chi connectivity index (χ3n) is 2.50. The predicted octanol–water partition coefficient (Wildman–Crippen LogP) is 3.76. The van der Waals surface area contributed by atoms with Gasteiger partial charge in [-0.05, 0) is 36.7 Å². The van der Waals surface area contributed by atoms with E-state index in [1.165, 1.54) is 6.07 Å². The molecule has 5 nitrogen and oxygen atoms in total. The Morgan fingerprint density at radius 3 is 2.78 bits per heavy atom. The summed E-state index contributed by atoms with van der Waals surface area (Å²) in [6.45, 7) is 2.13. The molecule has 0 aliphatic carbocycles. The van der Waals surface area contributed by atoms with Crippen molar-refractivity contribution in [3.63, 3.8) is 0 Å². The summed E-state index contributed by atoms with van der Waals surface area (Å²) in [6, 6.07) is 8.39. The van der Waals surface area contributed by atoms with Crippen LogP contribution in [0.2, 0.25) is 5.22 Å².